The number of fused-ring (bicyclic) bond motifs is 1. The van der Waals surface area contributed by atoms with Crippen molar-refractivity contribution in [2.75, 3.05) is 25.5 Å². The zero-order valence-corrected chi connectivity index (χ0v) is 16.0. The fourth-order valence-electron chi connectivity index (χ4n) is 3.93. The van der Waals surface area contributed by atoms with Crippen LogP contribution in [0.1, 0.15) is 43.3 Å². The molecule has 2 aliphatic heterocycles. The normalized spacial score (nSPS) is 21.5. The monoisotopic (exact) mass is 385 g/mol. The van der Waals surface area contributed by atoms with Crippen molar-refractivity contribution in [2.24, 2.45) is 0 Å². The number of carbonyl (C=O) groups is 1. The van der Waals surface area contributed by atoms with Crippen LogP contribution in [0.3, 0.4) is 0 Å². The predicted octanol–water partition coefficient (Wildman–Crippen LogP) is 3.45. The van der Waals surface area contributed by atoms with Crippen molar-refractivity contribution in [1.82, 2.24) is 14.5 Å². The molecule has 1 aromatic heterocycles. The maximum atomic E-state index is 12.9. The van der Waals surface area contributed by atoms with Gasteiger partial charge < -0.3 is 18.9 Å². The van der Waals surface area contributed by atoms with Crippen molar-refractivity contribution in [3.63, 3.8) is 0 Å². The van der Waals surface area contributed by atoms with Gasteiger partial charge in [-0.05, 0) is 43.4 Å². The summed E-state index contributed by atoms with van der Waals surface area (Å²) in [7, 11) is 0. The molecule has 1 unspecified atom stereocenters. The van der Waals surface area contributed by atoms with E-state index in [4.69, 9.17) is 9.47 Å². The number of hydrogen-bond donors (Lipinski definition) is 0. The van der Waals surface area contributed by atoms with E-state index >= 15 is 0 Å². The van der Waals surface area contributed by atoms with E-state index in [-0.39, 0.29) is 11.9 Å². The van der Waals surface area contributed by atoms with Gasteiger partial charge in [-0.1, -0.05) is 17.8 Å². The molecule has 1 aliphatic carbocycles. The van der Waals surface area contributed by atoms with Crippen LogP contribution in [0, 0.1) is 0 Å². The second-order valence-corrected chi connectivity index (χ2v) is 8.23. The Morgan fingerprint density at radius 3 is 2.89 bits per heavy atom. The van der Waals surface area contributed by atoms with Crippen LogP contribution in [-0.2, 0) is 4.79 Å². The fraction of sp³-hybridized carbons (Fsp3) is 0.500. The molecular formula is C20H23N3O3S. The number of carbonyl (C=O) groups excluding carboxylic acids is 1. The molecule has 0 bridgehead atoms. The Balaban J connectivity index is 1.27. The second-order valence-electron chi connectivity index (χ2n) is 7.29. The van der Waals surface area contributed by atoms with Gasteiger partial charge in [0.25, 0.3) is 0 Å². The van der Waals surface area contributed by atoms with Crippen LogP contribution >= 0.6 is 11.8 Å². The summed E-state index contributed by atoms with van der Waals surface area (Å²) >= 11 is 1.55. The van der Waals surface area contributed by atoms with E-state index in [1.165, 1.54) is 12.8 Å². The lowest BCUT2D eigenvalue weighted by molar-refractivity contribution is -0.129. The molecule has 7 heteroatoms. The van der Waals surface area contributed by atoms with E-state index in [0.29, 0.717) is 25.0 Å². The lowest BCUT2D eigenvalue weighted by Crippen LogP contribution is -2.32. The number of nitrogens with zero attached hydrogens (tertiary/aromatic N) is 3. The molecule has 5 rings (SSSR count). The van der Waals surface area contributed by atoms with Gasteiger partial charge in [-0.15, -0.1) is 0 Å². The standard InChI is InChI=1S/C20H23N3O3S/c24-19(13-27-20-21-7-9-22(20)15-4-5-15)23-8-1-2-16(23)14-3-6-17-18(12-14)26-11-10-25-17/h3,6-7,9,12,15-16H,1-2,4-5,8,10-11,13H2. The summed E-state index contributed by atoms with van der Waals surface area (Å²) in [4.78, 5) is 19.4. The molecule has 2 fully saturated rings. The summed E-state index contributed by atoms with van der Waals surface area (Å²) in [6.45, 7) is 1.98. The van der Waals surface area contributed by atoms with Gasteiger partial charge in [0.15, 0.2) is 16.7 Å². The van der Waals surface area contributed by atoms with E-state index in [2.05, 4.69) is 15.6 Å². The van der Waals surface area contributed by atoms with Crippen LogP contribution in [0.25, 0.3) is 0 Å². The van der Waals surface area contributed by atoms with Crippen LogP contribution in [0.15, 0.2) is 35.7 Å². The summed E-state index contributed by atoms with van der Waals surface area (Å²) in [6.07, 6.45) is 8.32. The number of likely N-dealkylation sites (tertiary alicyclic amines) is 1. The highest BCUT2D eigenvalue weighted by molar-refractivity contribution is 7.99. The van der Waals surface area contributed by atoms with Gasteiger partial charge in [-0.3, -0.25) is 4.79 Å². The minimum atomic E-state index is 0.122. The molecule has 142 valence electrons. The molecule has 1 aromatic carbocycles. The highest BCUT2D eigenvalue weighted by Crippen LogP contribution is 2.39. The number of aromatic nitrogens is 2. The quantitative estimate of drug-likeness (QED) is 0.738. The van der Waals surface area contributed by atoms with Crippen molar-refractivity contribution >= 4 is 17.7 Å². The molecule has 0 N–H and O–H groups in total. The highest BCUT2D eigenvalue weighted by atomic mass is 32.2. The number of ether oxygens (including phenoxy) is 2. The summed E-state index contributed by atoms with van der Waals surface area (Å²) in [6, 6.07) is 6.78. The number of rotatable bonds is 5. The third-order valence-corrected chi connectivity index (χ3v) is 6.39. The second kappa shape index (κ2) is 7.11. The van der Waals surface area contributed by atoms with Gasteiger partial charge in [-0.2, -0.15) is 0 Å². The van der Waals surface area contributed by atoms with Crippen LogP contribution < -0.4 is 9.47 Å². The first-order valence-electron chi connectivity index (χ1n) is 9.64. The van der Waals surface area contributed by atoms with Gasteiger partial charge in [0, 0.05) is 25.0 Å². The smallest absolute Gasteiger partial charge is 0.233 e. The molecule has 1 saturated carbocycles. The predicted molar refractivity (Wildman–Crippen MR) is 102 cm³/mol. The molecule has 3 aliphatic rings. The van der Waals surface area contributed by atoms with Crippen LogP contribution in [0.5, 0.6) is 11.5 Å². The maximum Gasteiger partial charge on any atom is 0.233 e. The molecule has 27 heavy (non-hydrogen) atoms. The van der Waals surface area contributed by atoms with Crippen molar-refractivity contribution in [3.8, 4) is 11.5 Å². The molecule has 0 spiro atoms. The van der Waals surface area contributed by atoms with Gasteiger partial charge in [0.2, 0.25) is 5.91 Å². The third-order valence-electron chi connectivity index (χ3n) is 5.42. The molecule has 3 heterocycles. The molecular weight excluding hydrogens is 362 g/mol. The first-order valence-corrected chi connectivity index (χ1v) is 10.6. The summed E-state index contributed by atoms with van der Waals surface area (Å²) in [5.74, 6) is 2.20. The number of hydrogen-bond acceptors (Lipinski definition) is 5. The summed E-state index contributed by atoms with van der Waals surface area (Å²) < 4.78 is 13.5. The van der Waals surface area contributed by atoms with Crippen molar-refractivity contribution in [1.29, 1.82) is 0 Å². The number of benzene rings is 1. The van der Waals surface area contributed by atoms with Crippen LogP contribution in [0.4, 0.5) is 0 Å². The van der Waals surface area contributed by atoms with Gasteiger partial charge in [0.1, 0.15) is 13.2 Å². The molecule has 1 atom stereocenters. The van der Waals surface area contributed by atoms with Gasteiger partial charge >= 0.3 is 0 Å². The fourth-order valence-corrected chi connectivity index (χ4v) is 4.84. The Hall–Kier alpha value is -2.15. The molecule has 0 radical (unpaired) electrons. The van der Waals surface area contributed by atoms with E-state index in [1.807, 2.05) is 29.4 Å². The Kier molecular flexibility index (Phi) is 4.47. The Morgan fingerprint density at radius 2 is 2.04 bits per heavy atom. The average Bonchev–Trinajstić information content (AvgIpc) is 3.24. The average molecular weight is 385 g/mol. The van der Waals surface area contributed by atoms with Crippen LogP contribution in [0.2, 0.25) is 0 Å². The zero-order valence-electron chi connectivity index (χ0n) is 15.2. The number of amides is 1. The van der Waals surface area contributed by atoms with Crippen LogP contribution in [-0.4, -0.2) is 45.9 Å². The third kappa shape index (κ3) is 3.40. The maximum absolute atomic E-state index is 12.9. The Bertz CT molecular complexity index is 849. The summed E-state index contributed by atoms with van der Waals surface area (Å²) in [5, 5.41) is 0.959. The van der Waals surface area contributed by atoms with E-state index in [9.17, 15) is 4.79 Å². The van der Waals surface area contributed by atoms with E-state index in [0.717, 1.165) is 41.6 Å². The largest absolute Gasteiger partial charge is 0.486 e. The van der Waals surface area contributed by atoms with Crippen molar-refractivity contribution < 1.29 is 14.3 Å². The van der Waals surface area contributed by atoms with E-state index in [1.54, 1.807) is 11.8 Å². The lowest BCUT2D eigenvalue weighted by atomic mass is 10.0. The first kappa shape index (κ1) is 17.0. The van der Waals surface area contributed by atoms with Crippen molar-refractivity contribution in [2.45, 2.75) is 42.9 Å². The first-order chi connectivity index (χ1) is 13.3. The highest BCUT2D eigenvalue weighted by Gasteiger charge is 2.31. The Morgan fingerprint density at radius 1 is 1.19 bits per heavy atom. The zero-order chi connectivity index (χ0) is 18.2. The number of thioether (sulfide) groups is 1. The molecule has 1 amide bonds. The summed E-state index contributed by atoms with van der Waals surface area (Å²) in [5.41, 5.74) is 1.13. The number of imidazole rings is 1. The lowest BCUT2D eigenvalue weighted by Gasteiger charge is -2.26. The van der Waals surface area contributed by atoms with Gasteiger partial charge in [-0.25, -0.2) is 4.98 Å². The Labute approximate surface area is 162 Å². The molecule has 1 saturated heterocycles. The topological polar surface area (TPSA) is 56.6 Å². The minimum Gasteiger partial charge on any atom is -0.486 e. The van der Waals surface area contributed by atoms with Gasteiger partial charge in [0.05, 0.1) is 11.8 Å². The molecule has 6 nitrogen and oxygen atoms in total. The SMILES string of the molecule is O=C(CSc1nccn1C1CC1)N1CCCC1c1ccc2c(c1)OCCO2. The molecule has 2 aromatic rings. The van der Waals surface area contributed by atoms with E-state index < -0.39 is 0 Å². The van der Waals surface area contributed by atoms with Crippen molar-refractivity contribution in [3.05, 3.63) is 36.2 Å². The minimum absolute atomic E-state index is 0.122.